The molecule has 1 unspecified atom stereocenters. The van der Waals surface area contributed by atoms with Crippen LogP contribution in [0.3, 0.4) is 0 Å². The lowest BCUT2D eigenvalue weighted by Crippen LogP contribution is -2.45. The summed E-state index contributed by atoms with van der Waals surface area (Å²) in [5.41, 5.74) is 5.47. The van der Waals surface area contributed by atoms with Gasteiger partial charge in [-0.2, -0.15) is 18.3 Å². The highest BCUT2D eigenvalue weighted by Crippen LogP contribution is 2.46. The summed E-state index contributed by atoms with van der Waals surface area (Å²) in [5, 5.41) is 17.3. The molecule has 3 N–H and O–H groups in total. The van der Waals surface area contributed by atoms with Gasteiger partial charge in [-0.25, -0.2) is 14.5 Å². The number of hydrogen-bond donors (Lipinski definition) is 2. The van der Waals surface area contributed by atoms with E-state index in [1.54, 1.807) is 31.4 Å². The van der Waals surface area contributed by atoms with Crippen molar-refractivity contribution >= 4 is 46.4 Å². The van der Waals surface area contributed by atoms with Crippen molar-refractivity contribution in [1.29, 1.82) is 0 Å². The average molecular weight is 742 g/mol. The minimum atomic E-state index is -4.63. The van der Waals surface area contributed by atoms with Crippen molar-refractivity contribution in [1.82, 2.24) is 14.8 Å². The molecule has 1 aromatic heterocycles. The molecule has 1 aliphatic rings. The smallest absolute Gasteiger partial charge is 0.416 e. The Morgan fingerprint density at radius 2 is 1.68 bits per heavy atom. The van der Waals surface area contributed by atoms with Crippen LogP contribution < -0.4 is 20.5 Å². The van der Waals surface area contributed by atoms with Crippen LogP contribution in [-0.4, -0.2) is 52.9 Å². The number of nitrogens with zero attached hydrogens (tertiary/aromatic N) is 4. The van der Waals surface area contributed by atoms with E-state index in [9.17, 15) is 28.1 Å². The molecule has 0 saturated heterocycles. The third kappa shape index (κ3) is 8.50. The first-order valence-corrected chi connectivity index (χ1v) is 15.3. The lowest BCUT2D eigenvalue weighted by molar-refractivity contribution is -0.383. The summed E-state index contributed by atoms with van der Waals surface area (Å²) in [6, 6.07) is 13.8. The molecular formula is C32H33Cl2F3N6O7. The van der Waals surface area contributed by atoms with Gasteiger partial charge in [0, 0.05) is 44.8 Å². The zero-order valence-corrected chi connectivity index (χ0v) is 29.1. The second kappa shape index (κ2) is 14.6. The van der Waals surface area contributed by atoms with Gasteiger partial charge in [0.2, 0.25) is 11.6 Å². The SMILES string of the molecule is CON(C)C(=O)Nc1ccc(Oc2ccc3c(c2)OC(C)(OC)CC3(C)C)cc1.Nc1c([N+](=O)[O-])cnn1-c1c(Cl)cc(C(F)(F)F)cc1Cl. The number of fused-ring (bicyclic) bond motifs is 1. The maximum Gasteiger partial charge on any atom is 0.416 e. The third-order valence-electron chi connectivity index (χ3n) is 7.64. The molecule has 3 aromatic carbocycles. The number of amides is 2. The Morgan fingerprint density at radius 3 is 2.20 bits per heavy atom. The van der Waals surface area contributed by atoms with E-state index in [4.69, 9.17) is 48.0 Å². The van der Waals surface area contributed by atoms with E-state index in [-0.39, 0.29) is 27.2 Å². The molecule has 2 heterocycles. The first kappa shape index (κ1) is 38.0. The summed E-state index contributed by atoms with van der Waals surface area (Å²) in [6.07, 6.45) is -3.03. The number of rotatable bonds is 7. The van der Waals surface area contributed by atoms with Gasteiger partial charge in [-0.1, -0.05) is 43.1 Å². The van der Waals surface area contributed by atoms with Crippen LogP contribution >= 0.6 is 23.2 Å². The van der Waals surface area contributed by atoms with Crippen LogP contribution in [0.5, 0.6) is 17.2 Å². The van der Waals surface area contributed by atoms with Gasteiger partial charge >= 0.3 is 17.9 Å². The summed E-state index contributed by atoms with van der Waals surface area (Å²) in [5.74, 6) is 0.992. The quantitative estimate of drug-likeness (QED) is 0.140. The Hall–Kier alpha value is -4.77. The maximum atomic E-state index is 12.6. The van der Waals surface area contributed by atoms with E-state index >= 15 is 0 Å². The number of nitrogens with two attached hydrogens (primary N) is 1. The molecule has 2 amide bonds. The van der Waals surface area contributed by atoms with E-state index < -0.39 is 34.0 Å². The molecular weight excluding hydrogens is 708 g/mol. The van der Waals surface area contributed by atoms with Crippen molar-refractivity contribution in [3.05, 3.63) is 92.1 Å². The molecule has 18 heteroatoms. The van der Waals surface area contributed by atoms with Crippen LogP contribution in [0.4, 0.5) is 35.2 Å². The monoisotopic (exact) mass is 740 g/mol. The van der Waals surface area contributed by atoms with E-state index in [0.29, 0.717) is 29.3 Å². The molecule has 0 fully saturated rings. The Bertz CT molecular complexity index is 1870. The second-order valence-electron chi connectivity index (χ2n) is 11.8. The van der Waals surface area contributed by atoms with Gasteiger partial charge in [0.25, 0.3) is 0 Å². The van der Waals surface area contributed by atoms with Gasteiger partial charge in [-0.05, 0) is 47.9 Å². The number of hydrogen-bond acceptors (Lipinski definition) is 9. The summed E-state index contributed by atoms with van der Waals surface area (Å²) in [7, 11) is 4.61. The number of benzene rings is 3. The van der Waals surface area contributed by atoms with E-state index in [1.165, 1.54) is 14.2 Å². The molecule has 268 valence electrons. The summed E-state index contributed by atoms with van der Waals surface area (Å²) >= 11 is 11.5. The fraction of sp³-hybridized carbons (Fsp3) is 0.312. The van der Waals surface area contributed by atoms with Crippen molar-refractivity contribution in [3.8, 4) is 22.9 Å². The molecule has 50 heavy (non-hydrogen) atoms. The number of anilines is 2. The van der Waals surface area contributed by atoms with Crippen molar-refractivity contribution in [3.63, 3.8) is 0 Å². The highest BCUT2D eigenvalue weighted by Gasteiger charge is 2.42. The summed E-state index contributed by atoms with van der Waals surface area (Å²) < 4.78 is 56.3. The van der Waals surface area contributed by atoms with E-state index in [0.717, 1.165) is 33.7 Å². The molecule has 0 bridgehead atoms. The maximum absolute atomic E-state index is 12.6. The predicted molar refractivity (Wildman–Crippen MR) is 180 cm³/mol. The van der Waals surface area contributed by atoms with Crippen LogP contribution in [0.15, 0.2) is 60.8 Å². The second-order valence-corrected chi connectivity index (χ2v) is 12.6. The van der Waals surface area contributed by atoms with Gasteiger partial charge in [0.15, 0.2) is 0 Å². The molecule has 0 saturated carbocycles. The zero-order chi connectivity index (χ0) is 37.2. The summed E-state index contributed by atoms with van der Waals surface area (Å²) in [6.45, 7) is 6.31. The molecule has 0 spiro atoms. The number of halogens is 5. The fourth-order valence-corrected chi connectivity index (χ4v) is 5.76. The zero-order valence-electron chi connectivity index (χ0n) is 27.6. The molecule has 0 aliphatic carbocycles. The number of urea groups is 1. The average Bonchev–Trinajstić information content (AvgIpc) is 3.41. The molecule has 4 aromatic rings. The van der Waals surface area contributed by atoms with Crippen LogP contribution in [0.2, 0.25) is 10.0 Å². The van der Waals surface area contributed by atoms with Crippen LogP contribution in [0.1, 0.15) is 38.3 Å². The van der Waals surface area contributed by atoms with Gasteiger partial charge in [0.05, 0.1) is 27.6 Å². The van der Waals surface area contributed by atoms with Crippen molar-refractivity contribution in [2.75, 3.05) is 32.3 Å². The third-order valence-corrected chi connectivity index (χ3v) is 8.22. The number of methoxy groups -OCH3 is 1. The topological polar surface area (TPSA) is 156 Å². The number of carbonyl (C=O) groups excluding carboxylic acids is 1. The van der Waals surface area contributed by atoms with E-state index in [1.807, 2.05) is 25.1 Å². The number of nitrogens with one attached hydrogen (secondary N) is 1. The number of hydroxylamine groups is 2. The van der Waals surface area contributed by atoms with Crippen LogP contribution in [-0.2, 0) is 21.2 Å². The Balaban J connectivity index is 0.000000237. The van der Waals surface area contributed by atoms with Crippen molar-refractivity contribution < 1.29 is 41.9 Å². The highest BCUT2D eigenvalue weighted by molar-refractivity contribution is 6.38. The number of carbonyl (C=O) groups is 1. The normalized spacial score (nSPS) is 16.3. The van der Waals surface area contributed by atoms with Crippen molar-refractivity contribution in [2.45, 2.75) is 44.6 Å². The van der Waals surface area contributed by atoms with Gasteiger partial charge in [-0.3, -0.25) is 15.0 Å². The first-order chi connectivity index (χ1) is 23.3. The Morgan fingerprint density at radius 1 is 1.08 bits per heavy atom. The lowest BCUT2D eigenvalue weighted by atomic mass is 9.76. The lowest BCUT2D eigenvalue weighted by Gasteiger charge is -2.43. The number of aromatic nitrogens is 2. The molecule has 0 radical (unpaired) electrons. The minimum absolute atomic E-state index is 0.0773. The highest BCUT2D eigenvalue weighted by atomic mass is 35.5. The Kier molecular flexibility index (Phi) is 11.1. The number of nitrogen functional groups attached to an aromatic ring is 1. The number of nitro groups is 1. The largest absolute Gasteiger partial charge is 0.462 e. The number of ether oxygens (including phenoxy) is 3. The fourth-order valence-electron chi connectivity index (χ4n) is 5.12. The van der Waals surface area contributed by atoms with Gasteiger partial charge in [-0.15, -0.1) is 0 Å². The standard InChI is InChI=1S/C22H28N2O5.C10H5Cl2F3N4O2/c1-21(2)14-22(3,26-5)29-19-13-17(11-12-18(19)21)28-16-9-7-15(8-10-16)23-20(25)24(4)27-6;11-5-1-4(10(13,14)15)2-6(12)8(5)18-9(16)7(3-17-18)19(20)21/h7-13H,14H2,1-6H3,(H,23,25);1-3H,16H2. The van der Waals surface area contributed by atoms with Crippen LogP contribution in [0.25, 0.3) is 5.69 Å². The van der Waals surface area contributed by atoms with Gasteiger partial charge in [0.1, 0.15) is 29.1 Å². The van der Waals surface area contributed by atoms with Crippen molar-refractivity contribution in [2.24, 2.45) is 0 Å². The molecule has 1 atom stereocenters. The van der Waals surface area contributed by atoms with Gasteiger partial charge < -0.3 is 25.3 Å². The first-order valence-electron chi connectivity index (χ1n) is 14.6. The Labute approximate surface area is 294 Å². The number of alkyl halides is 3. The van der Waals surface area contributed by atoms with Crippen LogP contribution in [0, 0.1) is 10.1 Å². The molecule has 5 rings (SSSR count). The summed E-state index contributed by atoms with van der Waals surface area (Å²) in [4.78, 5) is 26.6. The molecule has 13 nitrogen and oxygen atoms in total. The minimum Gasteiger partial charge on any atom is -0.462 e. The predicted octanol–water partition coefficient (Wildman–Crippen LogP) is 8.62. The molecule has 1 aliphatic heterocycles. The van der Waals surface area contributed by atoms with E-state index in [2.05, 4.69) is 24.3 Å².